The van der Waals surface area contributed by atoms with E-state index < -0.39 is 16.0 Å². The van der Waals surface area contributed by atoms with Crippen molar-refractivity contribution in [1.29, 1.82) is 0 Å². The van der Waals surface area contributed by atoms with Gasteiger partial charge in [-0.2, -0.15) is 4.31 Å². The highest BCUT2D eigenvalue weighted by Gasteiger charge is 2.45. The third-order valence-electron chi connectivity index (χ3n) is 5.04. The molecular weight excluding hydrogens is 360 g/mol. The summed E-state index contributed by atoms with van der Waals surface area (Å²) >= 11 is 1.18. The molecule has 4 rings (SSSR count). The molecule has 1 aromatic carbocycles. The Balaban J connectivity index is 1.92. The Morgan fingerprint density at radius 1 is 1.24 bits per heavy atom. The van der Waals surface area contributed by atoms with Gasteiger partial charge in [-0.15, -0.1) is 11.3 Å². The van der Waals surface area contributed by atoms with Gasteiger partial charge in [0.1, 0.15) is 9.77 Å². The molecular formula is C17H20N2O4S2. The molecule has 0 radical (unpaired) electrons. The summed E-state index contributed by atoms with van der Waals surface area (Å²) in [5, 5.41) is 3.92. The number of thiophene rings is 1. The van der Waals surface area contributed by atoms with E-state index in [0.717, 1.165) is 30.5 Å². The van der Waals surface area contributed by atoms with Crippen molar-refractivity contribution in [2.75, 3.05) is 20.2 Å². The molecule has 134 valence electrons. The van der Waals surface area contributed by atoms with Crippen LogP contribution in [-0.2, 0) is 14.8 Å². The van der Waals surface area contributed by atoms with E-state index in [1.54, 1.807) is 16.4 Å². The molecule has 1 N–H and O–H groups in total. The van der Waals surface area contributed by atoms with Crippen molar-refractivity contribution in [2.45, 2.75) is 36.2 Å². The lowest BCUT2D eigenvalue weighted by Crippen LogP contribution is -2.42. The van der Waals surface area contributed by atoms with E-state index in [4.69, 9.17) is 4.74 Å². The zero-order valence-corrected chi connectivity index (χ0v) is 15.5. The van der Waals surface area contributed by atoms with Crippen molar-refractivity contribution in [3.8, 4) is 0 Å². The number of nitrogens with zero attached hydrogens (tertiary/aromatic N) is 1. The van der Waals surface area contributed by atoms with E-state index in [2.05, 4.69) is 5.32 Å². The smallest absolute Gasteiger partial charge is 0.349 e. The van der Waals surface area contributed by atoms with Crippen LogP contribution in [0.3, 0.4) is 0 Å². The number of rotatable bonds is 3. The molecule has 2 bridgehead atoms. The van der Waals surface area contributed by atoms with Crippen LogP contribution in [0.25, 0.3) is 10.1 Å². The summed E-state index contributed by atoms with van der Waals surface area (Å²) in [6.07, 6.45) is 2.53. The summed E-state index contributed by atoms with van der Waals surface area (Å²) in [4.78, 5) is 12.5. The zero-order valence-electron chi connectivity index (χ0n) is 13.9. The summed E-state index contributed by atoms with van der Waals surface area (Å²) in [6, 6.07) is 7.19. The number of ether oxygens (including phenoxy) is 1. The number of fused-ring (bicyclic) bond motifs is 3. The van der Waals surface area contributed by atoms with Gasteiger partial charge in [0.2, 0.25) is 10.0 Å². The van der Waals surface area contributed by atoms with Gasteiger partial charge in [-0.25, -0.2) is 13.2 Å². The summed E-state index contributed by atoms with van der Waals surface area (Å²) in [6.45, 7) is 1.48. The van der Waals surface area contributed by atoms with Gasteiger partial charge < -0.3 is 10.1 Å². The number of nitrogens with one attached hydrogen (secondary N) is 1. The third-order valence-corrected chi connectivity index (χ3v) is 8.41. The number of hydrogen-bond acceptors (Lipinski definition) is 6. The number of carbonyl (C=O) groups is 1. The minimum absolute atomic E-state index is 0.00541. The van der Waals surface area contributed by atoms with Crippen LogP contribution in [0.4, 0.5) is 0 Å². The first-order chi connectivity index (χ1) is 12.0. The average molecular weight is 380 g/mol. The largest absolute Gasteiger partial charge is 0.465 e. The lowest BCUT2D eigenvalue weighted by atomic mass is 10.1. The Morgan fingerprint density at radius 2 is 2.00 bits per heavy atom. The van der Waals surface area contributed by atoms with Crippen LogP contribution in [-0.4, -0.2) is 51.0 Å². The predicted molar refractivity (Wildman–Crippen MR) is 96.5 cm³/mol. The van der Waals surface area contributed by atoms with Crippen molar-refractivity contribution in [3.63, 3.8) is 0 Å². The molecule has 2 unspecified atom stereocenters. The molecule has 2 aliphatic heterocycles. The van der Waals surface area contributed by atoms with Crippen molar-refractivity contribution in [1.82, 2.24) is 9.62 Å². The molecule has 8 heteroatoms. The number of methoxy groups -OCH3 is 1. The van der Waals surface area contributed by atoms with Gasteiger partial charge in [0.05, 0.1) is 7.11 Å². The van der Waals surface area contributed by atoms with Crippen LogP contribution in [0.15, 0.2) is 29.2 Å². The van der Waals surface area contributed by atoms with Gasteiger partial charge in [0, 0.05) is 28.7 Å². The highest BCUT2D eigenvalue weighted by molar-refractivity contribution is 7.89. The summed E-state index contributed by atoms with van der Waals surface area (Å²) in [7, 11) is -2.51. The minimum atomic E-state index is -3.79. The molecule has 0 amide bonds. The highest BCUT2D eigenvalue weighted by Crippen LogP contribution is 2.41. The Morgan fingerprint density at radius 3 is 2.80 bits per heavy atom. The standard InChI is InChI=1S/C17H20N2O4S2/c1-23-17(20)15-16(13-4-2-3-5-14(13)24-15)25(21,22)19-11-6-7-12(19)10-18-9-8-11/h2-5,11-12,18H,6-10H2,1H3. The number of sulfonamides is 1. The predicted octanol–water partition coefficient (Wildman–Crippen LogP) is 2.20. The third kappa shape index (κ3) is 2.68. The maximum Gasteiger partial charge on any atom is 0.349 e. The first-order valence-corrected chi connectivity index (χ1v) is 10.6. The van der Waals surface area contributed by atoms with E-state index >= 15 is 0 Å². The average Bonchev–Trinajstić information content (AvgIpc) is 3.11. The Hall–Kier alpha value is -1.48. The first kappa shape index (κ1) is 17.0. The van der Waals surface area contributed by atoms with E-state index in [1.807, 2.05) is 12.1 Å². The molecule has 25 heavy (non-hydrogen) atoms. The monoisotopic (exact) mass is 380 g/mol. The van der Waals surface area contributed by atoms with Crippen LogP contribution < -0.4 is 5.32 Å². The SMILES string of the molecule is COC(=O)c1sc2ccccc2c1S(=O)(=O)N1C2CCNCC1CC2. The lowest BCUT2D eigenvalue weighted by molar-refractivity contribution is 0.0602. The van der Waals surface area contributed by atoms with Crippen LogP contribution in [0.2, 0.25) is 0 Å². The van der Waals surface area contributed by atoms with Crippen molar-refractivity contribution >= 4 is 37.4 Å². The van der Waals surface area contributed by atoms with E-state index in [-0.39, 0.29) is 21.9 Å². The molecule has 3 heterocycles. The Bertz CT molecular complexity index is 908. The Labute approximate surface area is 150 Å². The second-order valence-corrected chi connectivity index (χ2v) is 9.29. The molecule has 2 atom stereocenters. The van der Waals surface area contributed by atoms with Gasteiger partial charge >= 0.3 is 5.97 Å². The molecule has 2 saturated heterocycles. The number of benzene rings is 1. The summed E-state index contributed by atoms with van der Waals surface area (Å²) < 4.78 is 34.5. The fraction of sp³-hybridized carbons (Fsp3) is 0.471. The fourth-order valence-electron chi connectivity index (χ4n) is 3.94. The van der Waals surface area contributed by atoms with Crippen LogP contribution in [0.5, 0.6) is 0 Å². The quantitative estimate of drug-likeness (QED) is 0.826. The van der Waals surface area contributed by atoms with Gasteiger partial charge in [0.15, 0.2) is 0 Å². The maximum absolute atomic E-state index is 13.6. The number of carbonyl (C=O) groups excluding carboxylic acids is 1. The normalized spacial score (nSPS) is 24.4. The molecule has 2 fully saturated rings. The minimum Gasteiger partial charge on any atom is -0.465 e. The lowest BCUT2D eigenvalue weighted by Gasteiger charge is -2.27. The van der Waals surface area contributed by atoms with Gasteiger partial charge in [-0.1, -0.05) is 18.2 Å². The van der Waals surface area contributed by atoms with Crippen LogP contribution in [0, 0.1) is 0 Å². The van der Waals surface area contributed by atoms with E-state index in [1.165, 1.54) is 18.4 Å². The molecule has 0 aliphatic carbocycles. The van der Waals surface area contributed by atoms with Crippen LogP contribution in [0.1, 0.15) is 28.9 Å². The van der Waals surface area contributed by atoms with Gasteiger partial charge in [0.25, 0.3) is 0 Å². The van der Waals surface area contributed by atoms with Crippen molar-refractivity contribution in [3.05, 3.63) is 29.1 Å². The summed E-state index contributed by atoms with van der Waals surface area (Å²) in [5.41, 5.74) is 0. The van der Waals surface area contributed by atoms with E-state index in [9.17, 15) is 13.2 Å². The van der Waals surface area contributed by atoms with Crippen LogP contribution >= 0.6 is 11.3 Å². The topological polar surface area (TPSA) is 75.7 Å². The number of esters is 1. The second kappa shape index (κ2) is 6.35. The van der Waals surface area contributed by atoms with Gasteiger partial charge in [-0.05, 0) is 31.9 Å². The molecule has 0 saturated carbocycles. The van der Waals surface area contributed by atoms with E-state index in [0.29, 0.717) is 11.9 Å². The van der Waals surface area contributed by atoms with Crippen molar-refractivity contribution < 1.29 is 17.9 Å². The first-order valence-electron chi connectivity index (χ1n) is 8.38. The maximum atomic E-state index is 13.6. The molecule has 1 aromatic heterocycles. The number of hydrogen-bond donors (Lipinski definition) is 1. The zero-order chi connectivity index (χ0) is 17.6. The fourth-order valence-corrected chi connectivity index (χ4v) is 7.62. The Kier molecular flexibility index (Phi) is 4.31. The molecule has 0 spiro atoms. The highest BCUT2D eigenvalue weighted by atomic mass is 32.2. The summed E-state index contributed by atoms with van der Waals surface area (Å²) in [5.74, 6) is -0.597. The molecule has 6 nitrogen and oxygen atoms in total. The van der Waals surface area contributed by atoms with Gasteiger partial charge in [-0.3, -0.25) is 0 Å². The molecule has 2 aliphatic rings. The van der Waals surface area contributed by atoms with Crippen molar-refractivity contribution in [2.24, 2.45) is 0 Å². The molecule has 2 aromatic rings. The second-order valence-electron chi connectivity index (χ2n) is 6.46.